The summed E-state index contributed by atoms with van der Waals surface area (Å²) in [5.74, 6) is 0. The van der Waals surface area contributed by atoms with Crippen molar-refractivity contribution in [2.24, 2.45) is 0 Å². The molecule has 0 atom stereocenters. The van der Waals surface area contributed by atoms with Gasteiger partial charge in [-0.25, -0.2) is 0 Å². The lowest BCUT2D eigenvalue weighted by Crippen LogP contribution is -2.17. The maximum absolute atomic E-state index is 12.1. The Morgan fingerprint density at radius 1 is 1.25 bits per heavy atom. The third-order valence-electron chi connectivity index (χ3n) is 1.35. The van der Waals surface area contributed by atoms with E-state index < -0.39 is 11.7 Å². The van der Waals surface area contributed by atoms with Gasteiger partial charge in [0.1, 0.15) is 5.57 Å². The van der Waals surface area contributed by atoms with Crippen molar-refractivity contribution in [3.63, 3.8) is 0 Å². The molecule has 0 aromatic carbocycles. The highest BCUT2D eigenvalue weighted by Gasteiger charge is 2.39. The molecule has 3 radical (unpaired) electrons. The van der Waals surface area contributed by atoms with E-state index in [2.05, 4.69) is 17.3 Å². The largest absolute Gasteiger partial charge is 0.423 e. The molecule has 0 N–H and O–H groups in total. The summed E-state index contributed by atoms with van der Waals surface area (Å²) in [6.07, 6.45) is 0.215. The molecule has 0 aliphatic carbocycles. The molecule has 0 unspecified atom stereocenters. The molecule has 0 aromatic heterocycles. The van der Waals surface area contributed by atoms with E-state index in [1.165, 1.54) is 13.8 Å². The van der Waals surface area contributed by atoms with Crippen LogP contribution in [0.5, 0.6) is 0 Å². The van der Waals surface area contributed by atoms with Crippen molar-refractivity contribution >= 4 is 6.21 Å². The van der Waals surface area contributed by atoms with E-state index in [9.17, 15) is 13.2 Å². The summed E-state index contributed by atoms with van der Waals surface area (Å²) in [6.45, 7) is 2.76. The zero-order valence-electron chi connectivity index (χ0n) is 6.58. The molecule has 0 bridgehead atoms. The minimum atomic E-state index is -4.36. The minimum Gasteiger partial charge on any atom is -0.166 e. The van der Waals surface area contributed by atoms with Gasteiger partial charge in [0.2, 0.25) is 0 Å². The summed E-state index contributed by atoms with van der Waals surface area (Å²) in [4.78, 5) is 3.47. The van der Waals surface area contributed by atoms with Crippen LogP contribution in [0.2, 0.25) is 0 Å². The molecule has 1 aliphatic rings. The lowest BCUT2D eigenvalue weighted by atomic mass is 10.1. The fourth-order valence-corrected chi connectivity index (χ4v) is 0.806. The van der Waals surface area contributed by atoms with Gasteiger partial charge < -0.3 is 0 Å². The molecule has 1 rings (SSSR count). The average Bonchev–Trinajstić information content (AvgIpc) is 1.92. The topological polar surface area (TPSA) is 14.1 Å². The van der Waals surface area contributed by atoms with Crippen LogP contribution in [-0.4, -0.2) is 12.4 Å². The fraction of sp³-hybridized carbons (Fsp3) is 0.375. The van der Waals surface area contributed by atoms with Crippen molar-refractivity contribution in [1.82, 2.24) is 4.99 Å². The van der Waals surface area contributed by atoms with Crippen molar-refractivity contribution in [3.8, 4) is 0 Å². The van der Waals surface area contributed by atoms with Crippen molar-refractivity contribution < 1.29 is 13.2 Å². The van der Waals surface area contributed by atoms with E-state index in [1.54, 1.807) is 0 Å². The molecule has 0 saturated heterocycles. The predicted octanol–water partition coefficient (Wildman–Crippen LogP) is 1.87. The van der Waals surface area contributed by atoms with Crippen LogP contribution in [0.3, 0.4) is 0 Å². The SMILES string of the molecule is CC1=[C]C(C(F)(F)F)=C(C)[N+]=[C]1. The van der Waals surface area contributed by atoms with Gasteiger partial charge in [-0.2, -0.15) is 13.2 Å². The van der Waals surface area contributed by atoms with Crippen LogP contribution < -0.4 is 4.99 Å². The van der Waals surface area contributed by atoms with Crippen LogP contribution in [0.15, 0.2) is 16.8 Å². The molecule has 0 saturated carbocycles. The second-order valence-electron chi connectivity index (χ2n) is 2.43. The number of allylic oxidation sites excluding steroid dienone is 4. The third kappa shape index (κ3) is 1.75. The Labute approximate surface area is 68.3 Å². The number of halogens is 3. The molecule has 63 valence electrons. The first kappa shape index (κ1) is 9.03. The number of hydrogen-bond acceptors (Lipinski definition) is 1. The van der Waals surface area contributed by atoms with Gasteiger partial charge in [-0.05, 0) is 6.92 Å². The smallest absolute Gasteiger partial charge is 0.166 e. The highest BCUT2D eigenvalue weighted by molar-refractivity contribution is 5.79. The predicted molar refractivity (Wildman–Crippen MR) is 38.3 cm³/mol. The van der Waals surface area contributed by atoms with E-state index >= 15 is 0 Å². The van der Waals surface area contributed by atoms with Gasteiger partial charge >= 0.3 is 12.4 Å². The lowest BCUT2D eigenvalue weighted by molar-refractivity contribution is -0.0900. The highest BCUT2D eigenvalue weighted by Crippen LogP contribution is 2.29. The Bertz CT molecular complexity index is 281. The van der Waals surface area contributed by atoms with Gasteiger partial charge in [-0.3, -0.25) is 0 Å². The Balaban J connectivity index is 3.13. The van der Waals surface area contributed by atoms with Gasteiger partial charge in [0.05, 0.1) is 4.99 Å². The van der Waals surface area contributed by atoms with Crippen molar-refractivity contribution in [2.75, 3.05) is 0 Å². The van der Waals surface area contributed by atoms with Gasteiger partial charge in [-0.1, -0.05) is 0 Å². The molecule has 0 fully saturated rings. The van der Waals surface area contributed by atoms with Crippen LogP contribution in [0.4, 0.5) is 13.2 Å². The number of aliphatic imine (C=N–C) groups is 1. The van der Waals surface area contributed by atoms with Crippen LogP contribution in [0, 0.1) is 6.08 Å². The Morgan fingerprint density at radius 2 is 1.83 bits per heavy atom. The van der Waals surface area contributed by atoms with Gasteiger partial charge in [0, 0.05) is 18.6 Å². The molecule has 0 amide bonds. The van der Waals surface area contributed by atoms with E-state index in [4.69, 9.17) is 0 Å². The quantitative estimate of drug-likeness (QED) is 0.531. The lowest BCUT2D eigenvalue weighted by Gasteiger charge is -2.05. The second kappa shape index (κ2) is 2.77. The van der Waals surface area contributed by atoms with Crippen LogP contribution in [0.1, 0.15) is 13.8 Å². The summed E-state index contributed by atoms with van der Waals surface area (Å²) in [5.41, 5.74) is -0.625. The minimum absolute atomic E-state index is 0.0897. The number of rotatable bonds is 0. The molecular weight excluding hydrogens is 167 g/mol. The summed E-state index contributed by atoms with van der Waals surface area (Å²) in [6, 6.07) is 0. The first-order chi connectivity index (χ1) is 5.41. The van der Waals surface area contributed by atoms with Gasteiger partial charge in [-0.15, -0.1) is 0 Å². The standard InChI is InChI=1S/C8H6F3N/c1-5-3-7(8(9,10)11)6(2)12-4-5/h1-2H3/q+1. The number of alkyl halides is 3. The first-order valence-electron chi connectivity index (χ1n) is 3.26. The van der Waals surface area contributed by atoms with Crippen molar-refractivity contribution in [2.45, 2.75) is 20.0 Å². The maximum atomic E-state index is 12.1. The monoisotopic (exact) mass is 173 g/mol. The van der Waals surface area contributed by atoms with Gasteiger partial charge in [0.15, 0.2) is 0 Å². The average molecular weight is 173 g/mol. The summed E-state index contributed by atoms with van der Waals surface area (Å²) in [5, 5.41) is 0. The molecule has 4 heteroatoms. The van der Waals surface area contributed by atoms with E-state index in [1.807, 2.05) is 0 Å². The van der Waals surface area contributed by atoms with E-state index in [0.717, 1.165) is 0 Å². The Morgan fingerprint density at radius 3 is 2.25 bits per heavy atom. The van der Waals surface area contributed by atoms with Gasteiger partial charge in [0.25, 0.3) is 5.70 Å². The first-order valence-corrected chi connectivity index (χ1v) is 3.26. The zero-order valence-corrected chi connectivity index (χ0v) is 6.58. The molecule has 1 nitrogen and oxygen atoms in total. The molecule has 0 aromatic rings. The normalized spacial score (nSPS) is 18.2. The maximum Gasteiger partial charge on any atom is 0.423 e. The third-order valence-corrected chi connectivity index (χ3v) is 1.35. The fourth-order valence-electron chi connectivity index (χ4n) is 0.806. The van der Waals surface area contributed by atoms with Crippen LogP contribution >= 0.6 is 0 Å². The molecular formula is C8H6F3N+. The van der Waals surface area contributed by atoms with Crippen LogP contribution in [0.25, 0.3) is 0 Å². The molecule has 0 spiro atoms. The van der Waals surface area contributed by atoms with Crippen molar-refractivity contribution in [3.05, 3.63) is 22.9 Å². The highest BCUT2D eigenvalue weighted by atomic mass is 19.4. The summed E-state index contributed by atoms with van der Waals surface area (Å²) in [7, 11) is 0. The second-order valence-corrected chi connectivity index (χ2v) is 2.43. The summed E-state index contributed by atoms with van der Waals surface area (Å²) >= 11 is 0. The Hall–Kier alpha value is -1.06. The molecule has 1 heterocycles. The van der Waals surface area contributed by atoms with E-state index in [0.29, 0.717) is 0 Å². The summed E-state index contributed by atoms with van der Waals surface area (Å²) < 4.78 is 36.4. The van der Waals surface area contributed by atoms with E-state index in [-0.39, 0.29) is 11.3 Å². The molecule has 12 heavy (non-hydrogen) atoms. The molecule has 1 aliphatic heterocycles. The number of nitrogens with zero attached hydrogens (tertiary/aromatic N) is 1. The van der Waals surface area contributed by atoms with Crippen LogP contribution in [-0.2, 0) is 0 Å². The zero-order chi connectivity index (χ0) is 9.35. The number of hydrogen-bond donors (Lipinski definition) is 0. The van der Waals surface area contributed by atoms with Crippen molar-refractivity contribution in [1.29, 1.82) is 0 Å². The Kier molecular flexibility index (Phi) is 2.08.